The van der Waals surface area contributed by atoms with Gasteiger partial charge >= 0.3 is 0 Å². The molecule has 2 heteroatoms. The second kappa shape index (κ2) is 7.96. The first kappa shape index (κ1) is 15.7. The normalized spacial score (nSPS) is 13.9. The first-order valence-electron chi connectivity index (χ1n) is 7.67. The first-order valence-corrected chi connectivity index (χ1v) is 7.67. The molecule has 0 aliphatic rings. The van der Waals surface area contributed by atoms with Gasteiger partial charge in [0.25, 0.3) is 0 Å². The Morgan fingerprint density at radius 3 is 2.33 bits per heavy atom. The third-order valence-corrected chi connectivity index (χ3v) is 3.83. The molecule has 0 aliphatic heterocycles. The molecule has 2 aromatic rings. The van der Waals surface area contributed by atoms with Crippen LogP contribution in [0.5, 0.6) is 0 Å². The molecule has 0 spiro atoms. The maximum absolute atomic E-state index is 10.2. The molecule has 0 saturated carbocycles. The van der Waals surface area contributed by atoms with Gasteiger partial charge in [0.15, 0.2) is 0 Å². The van der Waals surface area contributed by atoms with Crippen molar-refractivity contribution < 1.29 is 5.11 Å². The molecule has 0 fully saturated rings. The van der Waals surface area contributed by atoms with E-state index in [1.165, 1.54) is 11.1 Å². The largest absolute Gasteiger partial charge is 0.387 e. The minimum atomic E-state index is -0.440. The lowest BCUT2D eigenvalue weighted by Crippen LogP contribution is -2.30. The molecule has 0 unspecified atom stereocenters. The zero-order chi connectivity index (χ0) is 15.1. The van der Waals surface area contributed by atoms with Crippen molar-refractivity contribution in [3.8, 4) is 0 Å². The fourth-order valence-corrected chi connectivity index (χ4v) is 2.35. The average Bonchev–Trinajstić information content (AvgIpc) is 2.52. The second-order valence-electron chi connectivity index (χ2n) is 5.76. The van der Waals surface area contributed by atoms with E-state index in [2.05, 4.69) is 43.4 Å². The van der Waals surface area contributed by atoms with Gasteiger partial charge < -0.3 is 10.4 Å². The van der Waals surface area contributed by atoms with Crippen LogP contribution in [-0.4, -0.2) is 17.7 Å². The lowest BCUT2D eigenvalue weighted by atomic mass is 10.0. The summed E-state index contributed by atoms with van der Waals surface area (Å²) in [6.07, 6.45) is 1.70. The minimum absolute atomic E-state index is 0.394. The molecule has 2 atom stereocenters. The maximum Gasteiger partial charge on any atom is 0.0914 e. The number of nitrogens with one attached hydrogen (secondary N) is 1. The van der Waals surface area contributed by atoms with E-state index >= 15 is 0 Å². The summed E-state index contributed by atoms with van der Waals surface area (Å²) >= 11 is 0. The van der Waals surface area contributed by atoms with Crippen LogP contribution < -0.4 is 5.32 Å². The van der Waals surface area contributed by atoms with E-state index < -0.39 is 6.10 Å². The van der Waals surface area contributed by atoms with Crippen LogP contribution in [-0.2, 0) is 6.42 Å². The predicted molar refractivity (Wildman–Crippen MR) is 88.4 cm³/mol. The zero-order valence-electron chi connectivity index (χ0n) is 12.9. The van der Waals surface area contributed by atoms with Crippen molar-refractivity contribution in [1.29, 1.82) is 0 Å². The molecule has 0 heterocycles. The monoisotopic (exact) mass is 283 g/mol. The van der Waals surface area contributed by atoms with E-state index in [0.29, 0.717) is 12.6 Å². The molecule has 0 bridgehead atoms. The van der Waals surface area contributed by atoms with Crippen LogP contribution in [0.25, 0.3) is 0 Å². The number of aryl methyl sites for hydroxylation is 2. The molecule has 21 heavy (non-hydrogen) atoms. The van der Waals surface area contributed by atoms with Crippen molar-refractivity contribution >= 4 is 0 Å². The number of hydrogen-bond donors (Lipinski definition) is 2. The van der Waals surface area contributed by atoms with Gasteiger partial charge in [-0.2, -0.15) is 0 Å². The third-order valence-electron chi connectivity index (χ3n) is 3.83. The summed E-state index contributed by atoms with van der Waals surface area (Å²) < 4.78 is 0. The van der Waals surface area contributed by atoms with Gasteiger partial charge in [-0.15, -0.1) is 0 Å². The summed E-state index contributed by atoms with van der Waals surface area (Å²) in [7, 11) is 0. The Kier molecular flexibility index (Phi) is 5.97. The Labute approximate surface area is 127 Å². The average molecular weight is 283 g/mol. The Morgan fingerprint density at radius 2 is 1.67 bits per heavy atom. The van der Waals surface area contributed by atoms with Gasteiger partial charge in [-0.3, -0.25) is 0 Å². The highest BCUT2D eigenvalue weighted by molar-refractivity contribution is 5.23. The molecule has 2 rings (SSSR count). The van der Waals surface area contributed by atoms with Gasteiger partial charge in [0.1, 0.15) is 0 Å². The van der Waals surface area contributed by atoms with E-state index in [1.807, 2.05) is 30.3 Å². The molecule has 2 aromatic carbocycles. The Morgan fingerprint density at radius 1 is 1.00 bits per heavy atom. The third kappa shape index (κ3) is 5.33. The molecule has 2 N–H and O–H groups in total. The number of aliphatic hydroxyl groups is 1. The van der Waals surface area contributed by atoms with Crippen molar-refractivity contribution in [3.05, 3.63) is 71.3 Å². The highest BCUT2D eigenvalue weighted by atomic mass is 16.3. The molecule has 112 valence electrons. The first-order chi connectivity index (χ1) is 10.1. The van der Waals surface area contributed by atoms with E-state index in [-0.39, 0.29) is 0 Å². The van der Waals surface area contributed by atoms with E-state index in [1.54, 1.807) is 0 Å². The SMILES string of the molecule is Cc1ccc([C@@H](O)CN[C@H](C)CCc2ccccc2)cc1. The van der Waals surface area contributed by atoms with Crippen LogP contribution in [0.4, 0.5) is 0 Å². The summed E-state index contributed by atoms with van der Waals surface area (Å²) in [5.74, 6) is 0. The molecule has 0 saturated heterocycles. The van der Waals surface area contributed by atoms with Crippen molar-refractivity contribution in [2.45, 2.75) is 38.8 Å². The van der Waals surface area contributed by atoms with Crippen LogP contribution in [0, 0.1) is 6.92 Å². The summed E-state index contributed by atoms with van der Waals surface area (Å²) in [4.78, 5) is 0. The molecule has 2 nitrogen and oxygen atoms in total. The van der Waals surface area contributed by atoms with Crippen LogP contribution in [0.2, 0.25) is 0 Å². The van der Waals surface area contributed by atoms with E-state index in [4.69, 9.17) is 0 Å². The van der Waals surface area contributed by atoms with Crippen molar-refractivity contribution in [3.63, 3.8) is 0 Å². The number of benzene rings is 2. The van der Waals surface area contributed by atoms with Gasteiger partial charge in [-0.05, 0) is 37.8 Å². The molecule has 0 radical (unpaired) electrons. The highest BCUT2D eigenvalue weighted by Gasteiger charge is 2.09. The van der Waals surface area contributed by atoms with Gasteiger partial charge in [0.2, 0.25) is 0 Å². The quantitative estimate of drug-likeness (QED) is 0.813. The molecular weight excluding hydrogens is 258 g/mol. The maximum atomic E-state index is 10.2. The fourth-order valence-electron chi connectivity index (χ4n) is 2.35. The Bertz CT molecular complexity index is 521. The smallest absolute Gasteiger partial charge is 0.0914 e. The standard InChI is InChI=1S/C19H25NO/c1-15-8-12-18(13-9-15)19(21)14-20-16(2)10-11-17-6-4-3-5-7-17/h3-9,12-13,16,19-21H,10-11,14H2,1-2H3/t16-,19+/m1/s1. The van der Waals surface area contributed by atoms with E-state index in [9.17, 15) is 5.11 Å². The fraction of sp³-hybridized carbons (Fsp3) is 0.368. The van der Waals surface area contributed by atoms with Crippen molar-refractivity contribution in [1.82, 2.24) is 5.32 Å². The number of rotatable bonds is 7. The van der Waals surface area contributed by atoms with E-state index in [0.717, 1.165) is 18.4 Å². The number of aliphatic hydroxyl groups excluding tert-OH is 1. The van der Waals surface area contributed by atoms with Crippen LogP contribution >= 0.6 is 0 Å². The van der Waals surface area contributed by atoms with Crippen molar-refractivity contribution in [2.75, 3.05) is 6.54 Å². The summed E-state index contributed by atoms with van der Waals surface area (Å²) in [5, 5.41) is 13.6. The Balaban J connectivity index is 1.73. The van der Waals surface area contributed by atoms with Crippen molar-refractivity contribution in [2.24, 2.45) is 0 Å². The van der Waals surface area contributed by atoms with Gasteiger partial charge in [0, 0.05) is 12.6 Å². The van der Waals surface area contributed by atoms with Crippen LogP contribution in [0.15, 0.2) is 54.6 Å². The lowest BCUT2D eigenvalue weighted by molar-refractivity contribution is 0.170. The lowest BCUT2D eigenvalue weighted by Gasteiger charge is -2.17. The highest BCUT2D eigenvalue weighted by Crippen LogP contribution is 2.13. The predicted octanol–water partition coefficient (Wildman–Crippen LogP) is 3.64. The zero-order valence-corrected chi connectivity index (χ0v) is 12.9. The summed E-state index contributed by atoms with van der Waals surface area (Å²) in [6, 6.07) is 19.0. The molecule has 0 amide bonds. The second-order valence-corrected chi connectivity index (χ2v) is 5.76. The number of hydrogen-bond acceptors (Lipinski definition) is 2. The van der Waals surface area contributed by atoms with Gasteiger partial charge in [-0.25, -0.2) is 0 Å². The van der Waals surface area contributed by atoms with Crippen LogP contribution in [0.3, 0.4) is 0 Å². The summed E-state index contributed by atoms with van der Waals surface area (Å²) in [5.41, 5.74) is 3.56. The van der Waals surface area contributed by atoms with Gasteiger partial charge in [0.05, 0.1) is 6.10 Å². The molecule has 0 aliphatic carbocycles. The van der Waals surface area contributed by atoms with Crippen LogP contribution in [0.1, 0.15) is 36.1 Å². The Hall–Kier alpha value is -1.64. The van der Waals surface area contributed by atoms with Gasteiger partial charge in [-0.1, -0.05) is 60.2 Å². The minimum Gasteiger partial charge on any atom is -0.387 e. The topological polar surface area (TPSA) is 32.3 Å². The molecule has 0 aromatic heterocycles. The molecular formula is C19H25NO. The summed E-state index contributed by atoms with van der Waals surface area (Å²) in [6.45, 7) is 4.82.